The Labute approximate surface area is 121 Å². The fourth-order valence-electron chi connectivity index (χ4n) is 1.32. The van der Waals surface area contributed by atoms with Crippen molar-refractivity contribution in [3.63, 3.8) is 0 Å². The third kappa shape index (κ3) is 6.41. The normalized spacial score (nSPS) is 12.8. The molecule has 0 aliphatic carbocycles. The van der Waals surface area contributed by atoms with E-state index in [4.69, 9.17) is 4.74 Å². The average molecular weight is 284 g/mol. The summed E-state index contributed by atoms with van der Waals surface area (Å²) in [7, 11) is 3.75. The molecule has 0 heterocycles. The highest BCUT2D eigenvalue weighted by atomic mass is 35.5. The van der Waals surface area contributed by atoms with Gasteiger partial charge in [-0.3, -0.25) is 4.90 Å². The standard InChI is InChI=1S/C15H21NO2.ClH/c1-12(15(17)18-13(2)16(3)4)10-11-14-8-6-5-7-9-14;/h5-10,13H,11H2,1-4H3;1H. The van der Waals surface area contributed by atoms with Gasteiger partial charge in [0, 0.05) is 5.57 Å². The summed E-state index contributed by atoms with van der Waals surface area (Å²) in [6, 6.07) is 10.0. The fourth-order valence-corrected chi connectivity index (χ4v) is 1.32. The van der Waals surface area contributed by atoms with Crippen LogP contribution >= 0.6 is 12.4 Å². The monoisotopic (exact) mass is 283 g/mol. The van der Waals surface area contributed by atoms with Crippen molar-refractivity contribution in [3.8, 4) is 0 Å². The zero-order valence-corrected chi connectivity index (χ0v) is 12.7. The summed E-state index contributed by atoms with van der Waals surface area (Å²) in [5.74, 6) is -0.257. The van der Waals surface area contributed by atoms with Crippen molar-refractivity contribution in [2.24, 2.45) is 0 Å². The van der Waals surface area contributed by atoms with Crippen LogP contribution in [0.1, 0.15) is 19.4 Å². The highest BCUT2D eigenvalue weighted by Crippen LogP contribution is 2.06. The van der Waals surface area contributed by atoms with E-state index in [0.717, 1.165) is 6.42 Å². The summed E-state index contributed by atoms with van der Waals surface area (Å²) in [5, 5.41) is 0. The van der Waals surface area contributed by atoms with E-state index >= 15 is 0 Å². The number of carbonyl (C=O) groups is 1. The third-order valence-corrected chi connectivity index (χ3v) is 2.81. The van der Waals surface area contributed by atoms with Crippen molar-refractivity contribution < 1.29 is 9.53 Å². The Kier molecular flexibility index (Phi) is 8.12. The van der Waals surface area contributed by atoms with Crippen LogP contribution in [0.4, 0.5) is 0 Å². The van der Waals surface area contributed by atoms with Crippen LogP contribution in [0.25, 0.3) is 0 Å². The zero-order valence-electron chi connectivity index (χ0n) is 11.9. The van der Waals surface area contributed by atoms with Crippen molar-refractivity contribution in [2.75, 3.05) is 14.1 Å². The van der Waals surface area contributed by atoms with Crippen LogP contribution in [-0.2, 0) is 16.0 Å². The molecule has 1 aromatic carbocycles. The topological polar surface area (TPSA) is 29.5 Å². The van der Waals surface area contributed by atoms with Crippen molar-refractivity contribution in [3.05, 3.63) is 47.5 Å². The zero-order chi connectivity index (χ0) is 13.5. The van der Waals surface area contributed by atoms with Crippen molar-refractivity contribution in [1.82, 2.24) is 4.90 Å². The quantitative estimate of drug-likeness (QED) is 0.473. The molecule has 19 heavy (non-hydrogen) atoms. The second kappa shape index (κ2) is 8.73. The first kappa shape index (κ1) is 17.7. The predicted molar refractivity (Wildman–Crippen MR) is 80.4 cm³/mol. The van der Waals surface area contributed by atoms with Gasteiger partial charge in [0.15, 0.2) is 6.23 Å². The summed E-state index contributed by atoms with van der Waals surface area (Å²) in [5.41, 5.74) is 1.83. The summed E-state index contributed by atoms with van der Waals surface area (Å²) in [6.07, 6.45) is 2.44. The van der Waals surface area contributed by atoms with Crippen LogP contribution in [0.2, 0.25) is 0 Å². The Morgan fingerprint density at radius 1 is 1.32 bits per heavy atom. The molecule has 1 atom stereocenters. The molecule has 0 aliphatic heterocycles. The minimum absolute atomic E-state index is 0. The molecule has 0 bridgehead atoms. The lowest BCUT2D eigenvalue weighted by Gasteiger charge is -2.20. The van der Waals surface area contributed by atoms with Gasteiger partial charge in [-0.2, -0.15) is 0 Å². The molecule has 0 saturated heterocycles. The number of hydrogen-bond acceptors (Lipinski definition) is 3. The van der Waals surface area contributed by atoms with E-state index in [1.807, 2.05) is 62.3 Å². The van der Waals surface area contributed by atoms with Gasteiger partial charge in [-0.15, -0.1) is 12.4 Å². The summed E-state index contributed by atoms with van der Waals surface area (Å²) in [6.45, 7) is 3.63. The SMILES string of the molecule is CC(=CCc1ccccc1)C(=O)OC(C)N(C)C.Cl. The molecule has 0 aromatic heterocycles. The smallest absolute Gasteiger partial charge is 0.334 e. The molecule has 106 valence electrons. The molecule has 0 N–H and O–H groups in total. The number of allylic oxidation sites excluding steroid dienone is 1. The molecule has 0 aliphatic rings. The maximum absolute atomic E-state index is 11.8. The predicted octanol–water partition coefficient (Wildman–Crippen LogP) is 3.05. The van der Waals surface area contributed by atoms with Crippen molar-refractivity contribution in [1.29, 1.82) is 0 Å². The highest BCUT2D eigenvalue weighted by Gasteiger charge is 2.12. The summed E-state index contributed by atoms with van der Waals surface area (Å²) in [4.78, 5) is 13.6. The number of hydrogen-bond donors (Lipinski definition) is 0. The maximum atomic E-state index is 11.8. The number of rotatable bonds is 5. The molecule has 3 nitrogen and oxygen atoms in total. The van der Waals surface area contributed by atoms with E-state index in [1.165, 1.54) is 5.56 Å². The molecule has 1 unspecified atom stereocenters. The van der Waals surface area contributed by atoms with Crippen LogP contribution in [0.15, 0.2) is 42.0 Å². The molecule has 0 spiro atoms. The average Bonchev–Trinajstić information content (AvgIpc) is 2.36. The van der Waals surface area contributed by atoms with Crippen LogP contribution in [0.5, 0.6) is 0 Å². The van der Waals surface area contributed by atoms with E-state index < -0.39 is 0 Å². The highest BCUT2D eigenvalue weighted by molar-refractivity contribution is 5.87. The van der Waals surface area contributed by atoms with Gasteiger partial charge >= 0.3 is 5.97 Å². The molecule has 0 amide bonds. The number of nitrogens with zero attached hydrogens (tertiary/aromatic N) is 1. The molecule has 0 radical (unpaired) electrons. The van der Waals surface area contributed by atoms with Crippen LogP contribution in [0, 0.1) is 0 Å². The minimum Gasteiger partial charge on any atom is -0.443 e. The Bertz CT molecular complexity index is 415. The summed E-state index contributed by atoms with van der Waals surface area (Å²) >= 11 is 0. The second-order valence-electron chi connectivity index (χ2n) is 4.55. The molecule has 0 fully saturated rings. The minimum atomic E-state index is -0.257. The van der Waals surface area contributed by atoms with Gasteiger partial charge in [0.2, 0.25) is 0 Å². The van der Waals surface area contributed by atoms with E-state index in [9.17, 15) is 4.79 Å². The first-order chi connectivity index (χ1) is 8.50. The first-order valence-electron chi connectivity index (χ1n) is 6.09. The molecule has 1 rings (SSSR count). The Morgan fingerprint density at radius 2 is 1.89 bits per heavy atom. The Morgan fingerprint density at radius 3 is 2.42 bits per heavy atom. The third-order valence-electron chi connectivity index (χ3n) is 2.81. The molecule has 4 heteroatoms. The molecule has 0 saturated carbocycles. The Balaban J connectivity index is 0.00000324. The van der Waals surface area contributed by atoms with Crippen molar-refractivity contribution >= 4 is 18.4 Å². The lowest BCUT2D eigenvalue weighted by molar-refractivity contribution is -0.150. The van der Waals surface area contributed by atoms with Gasteiger partial charge in [-0.1, -0.05) is 36.4 Å². The van der Waals surface area contributed by atoms with Crippen LogP contribution in [-0.4, -0.2) is 31.2 Å². The fraction of sp³-hybridized carbons (Fsp3) is 0.400. The summed E-state index contributed by atoms with van der Waals surface area (Å²) < 4.78 is 5.28. The van der Waals surface area contributed by atoms with Gasteiger partial charge in [0.05, 0.1) is 0 Å². The first-order valence-corrected chi connectivity index (χ1v) is 6.09. The van der Waals surface area contributed by atoms with Gasteiger partial charge < -0.3 is 4.74 Å². The number of carbonyl (C=O) groups excluding carboxylic acids is 1. The molecular formula is C15H22ClNO2. The largest absolute Gasteiger partial charge is 0.443 e. The maximum Gasteiger partial charge on any atom is 0.334 e. The number of halogens is 1. The lowest BCUT2D eigenvalue weighted by atomic mass is 10.1. The van der Waals surface area contributed by atoms with Crippen LogP contribution in [0.3, 0.4) is 0 Å². The second-order valence-corrected chi connectivity index (χ2v) is 4.55. The van der Waals surface area contributed by atoms with Gasteiger partial charge in [0.1, 0.15) is 0 Å². The van der Waals surface area contributed by atoms with Gasteiger partial charge in [0.25, 0.3) is 0 Å². The van der Waals surface area contributed by atoms with Gasteiger partial charge in [-0.25, -0.2) is 4.79 Å². The lowest BCUT2D eigenvalue weighted by Crippen LogP contribution is -2.30. The molecule has 1 aromatic rings. The van der Waals surface area contributed by atoms with E-state index in [1.54, 1.807) is 6.92 Å². The number of esters is 1. The number of benzene rings is 1. The van der Waals surface area contributed by atoms with E-state index in [2.05, 4.69) is 0 Å². The van der Waals surface area contributed by atoms with E-state index in [-0.39, 0.29) is 24.6 Å². The molecular weight excluding hydrogens is 262 g/mol. The van der Waals surface area contributed by atoms with Crippen LogP contribution < -0.4 is 0 Å². The number of ether oxygens (including phenoxy) is 1. The van der Waals surface area contributed by atoms with E-state index in [0.29, 0.717) is 5.57 Å². The Hall–Kier alpha value is -1.32. The van der Waals surface area contributed by atoms with Gasteiger partial charge in [-0.05, 0) is 39.9 Å². The van der Waals surface area contributed by atoms with Crippen molar-refractivity contribution in [2.45, 2.75) is 26.5 Å².